The highest BCUT2D eigenvalue weighted by molar-refractivity contribution is 6.31. The first kappa shape index (κ1) is 14.2. The number of halogens is 1. The lowest BCUT2D eigenvalue weighted by Gasteiger charge is -2.21. The highest BCUT2D eigenvalue weighted by Crippen LogP contribution is 2.22. The van der Waals surface area contributed by atoms with Crippen LogP contribution in [-0.2, 0) is 6.54 Å². The third-order valence-electron chi connectivity index (χ3n) is 3.67. The number of rotatable bonds is 4. The number of carbonyl (C=O) groups is 1. The van der Waals surface area contributed by atoms with Crippen LogP contribution in [0.3, 0.4) is 0 Å². The smallest absolute Gasteiger partial charge is 0.315 e. The van der Waals surface area contributed by atoms with Gasteiger partial charge in [-0.15, -0.1) is 0 Å². The highest BCUT2D eigenvalue weighted by atomic mass is 35.5. The van der Waals surface area contributed by atoms with Crippen LogP contribution < -0.4 is 10.6 Å². The second-order valence-electron chi connectivity index (χ2n) is 5.16. The Morgan fingerprint density at radius 1 is 1.16 bits per heavy atom. The Labute approximate surface area is 119 Å². The maximum atomic E-state index is 11.7. The summed E-state index contributed by atoms with van der Waals surface area (Å²) in [6.45, 7) is 1.25. The van der Waals surface area contributed by atoms with Crippen LogP contribution in [0, 0.1) is 5.92 Å². The van der Waals surface area contributed by atoms with Crippen LogP contribution in [-0.4, -0.2) is 12.6 Å². The maximum absolute atomic E-state index is 11.7. The SMILES string of the molecule is O=C(NCc1ccccc1Cl)NCC1CCCCC1. The van der Waals surface area contributed by atoms with Crippen molar-refractivity contribution in [1.82, 2.24) is 10.6 Å². The van der Waals surface area contributed by atoms with Crippen LogP contribution in [0.4, 0.5) is 4.79 Å². The van der Waals surface area contributed by atoms with E-state index in [9.17, 15) is 4.79 Å². The zero-order valence-corrected chi connectivity index (χ0v) is 11.9. The molecule has 0 radical (unpaired) electrons. The Bertz CT molecular complexity index is 416. The Morgan fingerprint density at radius 3 is 2.63 bits per heavy atom. The summed E-state index contributed by atoms with van der Waals surface area (Å²) in [5.41, 5.74) is 0.942. The monoisotopic (exact) mass is 280 g/mol. The van der Waals surface area contributed by atoms with Gasteiger partial charge >= 0.3 is 6.03 Å². The molecule has 0 unspecified atom stereocenters. The summed E-state index contributed by atoms with van der Waals surface area (Å²) in [5.74, 6) is 0.653. The van der Waals surface area contributed by atoms with Gasteiger partial charge in [-0.05, 0) is 30.4 Å². The summed E-state index contributed by atoms with van der Waals surface area (Å²) in [6.07, 6.45) is 6.42. The van der Waals surface area contributed by atoms with E-state index in [4.69, 9.17) is 11.6 Å². The molecular weight excluding hydrogens is 260 g/mol. The van der Waals surface area contributed by atoms with Crippen molar-refractivity contribution in [1.29, 1.82) is 0 Å². The van der Waals surface area contributed by atoms with E-state index in [1.165, 1.54) is 32.1 Å². The van der Waals surface area contributed by atoms with E-state index in [-0.39, 0.29) is 6.03 Å². The van der Waals surface area contributed by atoms with Crippen molar-refractivity contribution < 1.29 is 4.79 Å². The molecule has 4 heteroatoms. The van der Waals surface area contributed by atoms with Crippen LogP contribution in [0.2, 0.25) is 5.02 Å². The van der Waals surface area contributed by atoms with Gasteiger partial charge in [-0.2, -0.15) is 0 Å². The third-order valence-corrected chi connectivity index (χ3v) is 4.04. The summed E-state index contributed by atoms with van der Waals surface area (Å²) in [5, 5.41) is 6.48. The summed E-state index contributed by atoms with van der Waals surface area (Å²) >= 11 is 6.03. The van der Waals surface area contributed by atoms with Crippen molar-refractivity contribution in [2.24, 2.45) is 5.92 Å². The maximum Gasteiger partial charge on any atom is 0.315 e. The van der Waals surface area contributed by atoms with Gasteiger partial charge in [-0.25, -0.2) is 4.79 Å². The van der Waals surface area contributed by atoms with Gasteiger partial charge in [-0.3, -0.25) is 0 Å². The van der Waals surface area contributed by atoms with Crippen molar-refractivity contribution in [3.8, 4) is 0 Å². The van der Waals surface area contributed by atoms with Gasteiger partial charge < -0.3 is 10.6 Å². The molecule has 19 heavy (non-hydrogen) atoms. The number of carbonyl (C=O) groups excluding carboxylic acids is 1. The fourth-order valence-corrected chi connectivity index (χ4v) is 2.71. The molecule has 0 heterocycles. The van der Waals surface area contributed by atoms with Gasteiger partial charge in [0, 0.05) is 18.1 Å². The average Bonchev–Trinajstić information content (AvgIpc) is 2.45. The highest BCUT2D eigenvalue weighted by Gasteiger charge is 2.14. The molecule has 1 aromatic rings. The first-order chi connectivity index (χ1) is 9.25. The standard InChI is InChI=1S/C15H21ClN2O/c16-14-9-5-4-8-13(14)11-18-15(19)17-10-12-6-2-1-3-7-12/h4-5,8-9,12H,1-3,6-7,10-11H2,(H2,17,18,19). The number of nitrogens with one attached hydrogen (secondary N) is 2. The zero-order chi connectivity index (χ0) is 13.5. The molecule has 0 atom stereocenters. The summed E-state index contributed by atoms with van der Waals surface area (Å²) in [7, 11) is 0. The molecule has 0 saturated heterocycles. The van der Waals surface area contributed by atoms with E-state index < -0.39 is 0 Å². The molecule has 104 valence electrons. The number of hydrogen-bond acceptors (Lipinski definition) is 1. The molecule has 0 spiro atoms. The fraction of sp³-hybridized carbons (Fsp3) is 0.533. The molecule has 0 aromatic heterocycles. The van der Waals surface area contributed by atoms with Crippen molar-refractivity contribution >= 4 is 17.6 Å². The Balaban J connectivity index is 1.68. The van der Waals surface area contributed by atoms with Gasteiger partial charge in [0.2, 0.25) is 0 Å². The minimum Gasteiger partial charge on any atom is -0.338 e. The molecule has 2 rings (SSSR count). The van der Waals surface area contributed by atoms with Gasteiger partial charge in [0.05, 0.1) is 0 Å². The average molecular weight is 281 g/mol. The van der Waals surface area contributed by atoms with Crippen LogP contribution in [0.15, 0.2) is 24.3 Å². The Hall–Kier alpha value is -1.22. The minimum absolute atomic E-state index is 0.106. The van der Waals surface area contributed by atoms with Crippen LogP contribution >= 0.6 is 11.6 Å². The van der Waals surface area contributed by atoms with E-state index in [0.29, 0.717) is 17.5 Å². The molecule has 2 amide bonds. The second-order valence-corrected chi connectivity index (χ2v) is 5.57. The van der Waals surface area contributed by atoms with Crippen molar-refractivity contribution in [3.63, 3.8) is 0 Å². The summed E-state index contributed by atoms with van der Waals surface area (Å²) in [6, 6.07) is 7.45. The Morgan fingerprint density at radius 2 is 1.89 bits per heavy atom. The fourth-order valence-electron chi connectivity index (χ4n) is 2.51. The van der Waals surface area contributed by atoms with Crippen molar-refractivity contribution in [2.75, 3.05) is 6.54 Å². The van der Waals surface area contributed by atoms with E-state index in [0.717, 1.165) is 12.1 Å². The number of amides is 2. The third kappa shape index (κ3) is 4.75. The number of benzene rings is 1. The predicted molar refractivity (Wildman–Crippen MR) is 78.3 cm³/mol. The molecule has 1 aliphatic carbocycles. The number of urea groups is 1. The molecule has 0 bridgehead atoms. The molecule has 3 nitrogen and oxygen atoms in total. The zero-order valence-electron chi connectivity index (χ0n) is 11.1. The van der Waals surface area contributed by atoms with Crippen LogP contribution in [0.5, 0.6) is 0 Å². The van der Waals surface area contributed by atoms with Crippen LogP contribution in [0.1, 0.15) is 37.7 Å². The van der Waals surface area contributed by atoms with E-state index in [2.05, 4.69) is 10.6 Å². The van der Waals surface area contributed by atoms with Gasteiger partial charge in [0.15, 0.2) is 0 Å². The lowest BCUT2D eigenvalue weighted by Crippen LogP contribution is -2.38. The van der Waals surface area contributed by atoms with Gasteiger partial charge in [0.1, 0.15) is 0 Å². The molecule has 1 aliphatic rings. The molecule has 1 aromatic carbocycles. The van der Waals surface area contributed by atoms with Crippen molar-refractivity contribution in [2.45, 2.75) is 38.6 Å². The predicted octanol–water partition coefficient (Wildman–Crippen LogP) is 3.72. The molecular formula is C15H21ClN2O. The van der Waals surface area contributed by atoms with E-state index >= 15 is 0 Å². The largest absolute Gasteiger partial charge is 0.338 e. The first-order valence-corrected chi connectivity index (χ1v) is 7.38. The van der Waals surface area contributed by atoms with Gasteiger partial charge in [0.25, 0.3) is 0 Å². The quantitative estimate of drug-likeness (QED) is 0.867. The first-order valence-electron chi connectivity index (χ1n) is 7.01. The van der Waals surface area contributed by atoms with E-state index in [1.807, 2.05) is 24.3 Å². The molecule has 0 aliphatic heterocycles. The lowest BCUT2D eigenvalue weighted by molar-refractivity contribution is 0.236. The van der Waals surface area contributed by atoms with E-state index in [1.54, 1.807) is 0 Å². The summed E-state index contributed by atoms with van der Waals surface area (Å²) < 4.78 is 0. The normalized spacial score (nSPS) is 16.1. The lowest BCUT2D eigenvalue weighted by atomic mass is 9.89. The second kappa shape index (κ2) is 7.39. The minimum atomic E-state index is -0.106. The topological polar surface area (TPSA) is 41.1 Å². The molecule has 1 fully saturated rings. The number of hydrogen-bond donors (Lipinski definition) is 2. The molecule has 1 saturated carbocycles. The summed E-state index contributed by atoms with van der Waals surface area (Å²) in [4.78, 5) is 11.7. The van der Waals surface area contributed by atoms with Gasteiger partial charge in [-0.1, -0.05) is 49.1 Å². The Kier molecular flexibility index (Phi) is 5.52. The van der Waals surface area contributed by atoms with Crippen LogP contribution in [0.25, 0.3) is 0 Å². The molecule has 2 N–H and O–H groups in total. The van der Waals surface area contributed by atoms with Crippen molar-refractivity contribution in [3.05, 3.63) is 34.9 Å².